The Morgan fingerprint density at radius 1 is 1.06 bits per heavy atom. The van der Waals surface area contributed by atoms with Crippen LogP contribution in [0, 0.1) is 0 Å². The second-order valence-electron chi connectivity index (χ2n) is 4.25. The van der Waals surface area contributed by atoms with Crippen LogP contribution in [-0.2, 0) is 12.8 Å². The molecule has 1 aromatic heterocycles. The maximum atomic E-state index is 5.83. The number of hydrogen-bond acceptors (Lipinski definition) is 3. The molecule has 1 heterocycles. The van der Waals surface area contributed by atoms with Crippen LogP contribution < -0.4 is 10.5 Å². The van der Waals surface area contributed by atoms with Gasteiger partial charge in [0.2, 0.25) is 5.88 Å². The number of para-hydroxylation sites is 2. The molecule has 0 unspecified atom stereocenters. The van der Waals surface area contributed by atoms with Crippen LogP contribution in [0.15, 0.2) is 36.4 Å². The van der Waals surface area contributed by atoms with E-state index in [1.807, 2.05) is 30.3 Å². The molecule has 0 amide bonds. The van der Waals surface area contributed by atoms with Crippen molar-refractivity contribution < 1.29 is 4.74 Å². The lowest BCUT2D eigenvalue weighted by atomic mass is 10.2. The summed E-state index contributed by atoms with van der Waals surface area (Å²) < 4.78 is 5.70. The van der Waals surface area contributed by atoms with Gasteiger partial charge in [-0.1, -0.05) is 18.2 Å². The van der Waals surface area contributed by atoms with E-state index in [2.05, 4.69) is 11.1 Å². The molecule has 0 saturated carbocycles. The standard InChI is InChI=1S/C14H14N2O/c15-11-5-1-2-7-13(11)17-14-9-8-10-4-3-6-12(10)16-14/h1-2,5,7-9H,3-4,6,15H2. The summed E-state index contributed by atoms with van der Waals surface area (Å²) in [4.78, 5) is 4.51. The Morgan fingerprint density at radius 2 is 1.94 bits per heavy atom. The van der Waals surface area contributed by atoms with Crippen LogP contribution in [0.25, 0.3) is 0 Å². The third-order valence-corrected chi connectivity index (χ3v) is 3.04. The first-order chi connectivity index (χ1) is 8.33. The van der Waals surface area contributed by atoms with Gasteiger partial charge in [-0.15, -0.1) is 0 Å². The molecule has 0 fully saturated rings. The smallest absolute Gasteiger partial charge is 0.219 e. The van der Waals surface area contributed by atoms with Crippen LogP contribution in [0.1, 0.15) is 17.7 Å². The van der Waals surface area contributed by atoms with E-state index in [-0.39, 0.29) is 0 Å². The van der Waals surface area contributed by atoms with E-state index in [1.165, 1.54) is 12.0 Å². The van der Waals surface area contributed by atoms with Crippen LogP contribution in [0.5, 0.6) is 11.6 Å². The zero-order chi connectivity index (χ0) is 11.7. The van der Waals surface area contributed by atoms with E-state index in [0.717, 1.165) is 18.5 Å². The molecule has 86 valence electrons. The van der Waals surface area contributed by atoms with Crippen molar-refractivity contribution in [2.75, 3.05) is 5.73 Å². The molecule has 3 heteroatoms. The SMILES string of the molecule is Nc1ccccc1Oc1ccc2c(n1)CCC2. The largest absolute Gasteiger partial charge is 0.437 e. The molecular formula is C14H14N2O. The average Bonchev–Trinajstić information content (AvgIpc) is 2.79. The maximum Gasteiger partial charge on any atom is 0.219 e. The van der Waals surface area contributed by atoms with E-state index in [0.29, 0.717) is 17.3 Å². The average molecular weight is 226 g/mol. The Balaban J connectivity index is 1.89. The number of fused-ring (bicyclic) bond motifs is 1. The third-order valence-electron chi connectivity index (χ3n) is 3.04. The number of pyridine rings is 1. The Kier molecular flexibility index (Phi) is 2.44. The van der Waals surface area contributed by atoms with Gasteiger partial charge in [0, 0.05) is 11.8 Å². The number of nitrogens with zero attached hydrogens (tertiary/aromatic N) is 1. The van der Waals surface area contributed by atoms with Crippen molar-refractivity contribution in [3.8, 4) is 11.6 Å². The molecule has 0 saturated heterocycles. The molecule has 1 aromatic carbocycles. The minimum Gasteiger partial charge on any atom is -0.437 e. The van der Waals surface area contributed by atoms with E-state index in [9.17, 15) is 0 Å². The van der Waals surface area contributed by atoms with Crippen molar-refractivity contribution >= 4 is 5.69 Å². The molecule has 1 aliphatic rings. The van der Waals surface area contributed by atoms with E-state index >= 15 is 0 Å². The summed E-state index contributed by atoms with van der Waals surface area (Å²) in [6, 6.07) is 11.5. The number of hydrogen-bond donors (Lipinski definition) is 1. The highest BCUT2D eigenvalue weighted by Gasteiger charge is 2.13. The number of aryl methyl sites for hydroxylation is 2. The lowest BCUT2D eigenvalue weighted by Crippen LogP contribution is -1.95. The zero-order valence-electron chi connectivity index (χ0n) is 9.52. The Hall–Kier alpha value is -2.03. The summed E-state index contributed by atoms with van der Waals surface area (Å²) in [5.74, 6) is 1.29. The van der Waals surface area contributed by atoms with Gasteiger partial charge in [-0.2, -0.15) is 0 Å². The number of benzene rings is 1. The highest BCUT2D eigenvalue weighted by molar-refractivity contribution is 5.53. The van der Waals surface area contributed by atoms with Gasteiger partial charge in [-0.05, 0) is 37.0 Å². The molecule has 2 aromatic rings. The number of rotatable bonds is 2. The van der Waals surface area contributed by atoms with Crippen molar-refractivity contribution in [3.63, 3.8) is 0 Å². The van der Waals surface area contributed by atoms with Gasteiger partial charge in [0.15, 0.2) is 5.75 Å². The summed E-state index contributed by atoms with van der Waals surface area (Å²) in [5, 5.41) is 0. The van der Waals surface area contributed by atoms with Gasteiger partial charge in [0.1, 0.15) is 0 Å². The minimum atomic E-state index is 0.628. The number of ether oxygens (including phenoxy) is 1. The third kappa shape index (κ3) is 1.96. The summed E-state index contributed by atoms with van der Waals surface area (Å²) in [7, 11) is 0. The molecule has 0 atom stereocenters. The lowest BCUT2D eigenvalue weighted by molar-refractivity contribution is 0.463. The van der Waals surface area contributed by atoms with Crippen molar-refractivity contribution in [1.29, 1.82) is 0 Å². The van der Waals surface area contributed by atoms with Crippen LogP contribution in [-0.4, -0.2) is 4.98 Å². The van der Waals surface area contributed by atoms with E-state index in [1.54, 1.807) is 0 Å². The summed E-state index contributed by atoms with van der Waals surface area (Å²) in [5.41, 5.74) is 8.97. The summed E-state index contributed by atoms with van der Waals surface area (Å²) >= 11 is 0. The zero-order valence-corrected chi connectivity index (χ0v) is 9.52. The first-order valence-corrected chi connectivity index (χ1v) is 5.84. The van der Waals surface area contributed by atoms with Crippen LogP contribution in [0.4, 0.5) is 5.69 Å². The number of aromatic nitrogens is 1. The molecule has 0 bridgehead atoms. The number of nitrogen functional groups attached to an aromatic ring is 1. The Bertz CT molecular complexity index is 552. The lowest BCUT2D eigenvalue weighted by Gasteiger charge is -2.08. The monoisotopic (exact) mass is 226 g/mol. The molecule has 0 radical (unpaired) electrons. The first kappa shape index (κ1) is 10.1. The fraction of sp³-hybridized carbons (Fsp3) is 0.214. The van der Waals surface area contributed by atoms with Crippen molar-refractivity contribution in [1.82, 2.24) is 4.98 Å². The predicted molar refractivity (Wildman–Crippen MR) is 67.2 cm³/mol. The molecule has 1 aliphatic carbocycles. The van der Waals surface area contributed by atoms with Crippen LogP contribution in [0.3, 0.4) is 0 Å². The van der Waals surface area contributed by atoms with Crippen LogP contribution in [0.2, 0.25) is 0 Å². The molecule has 2 N–H and O–H groups in total. The quantitative estimate of drug-likeness (QED) is 0.801. The molecule has 0 aliphatic heterocycles. The summed E-state index contributed by atoms with van der Waals surface area (Å²) in [6.07, 6.45) is 3.38. The van der Waals surface area contributed by atoms with Gasteiger partial charge < -0.3 is 10.5 Å². The maximum absolute atomic E-state index is 5.83. The first-order valence-electron chi connectivity index (χ1n) is 5.84. The molecule has 17 heavy (non-hydrogen) atoms. The van der Waals surface area contributed by atoms with Gasteiger partial charge in [-0.25, -0.2) is 4.98 Å². The number of nitrogens with two attached hydrogens (primary N) is 1. The summed E-state index contributed by atoms with van der Waals surface area (Å²) in [6.45, 7) is 0. The number of anilines is 1. The van der Waals surface area contributed by atoms with Crippen molar-refractivity contribution in [3.05, 3.63) is 47.7 Å². The normalized spacial score (nSPS) is 13.4. The molecule has 3 rings (SSSR count). The Labute approximate surface area is 100 Å². The van der Waals surface area contributed by atoms with Gasteiger partial charge in [-0.3, -0.25) is 0 Å². The highest BCUT2D eigenvalue weighted by atomic mass is 16.5. The fourth-order valence-electron chi connectivity index (χ4n) is 2.14. The van der Waals surface area contributed by atoms with Gasteiger partial charge in [0.25, 0.3) is 0 Å². The molecule has 0 spiro atoms. The van der Waals surface area contributed by atoms with Crippen molar-refractivity contribution in [2.45, 2.75) is 19.3 Å². The second-order valence-corrected chi connectivity index (χ2v) is 4.25. The predicted octanol–water partition coefficient (Wildman–Crippen LogP) is 2.94. The second kappa shape index (κ2) is 4.09. The molecule has 3 nitrogen and oxygen atoms in total. The highest BCUT2D eigenvalue weighted by Crippen LogP contribution is 2.28. The van der Waals surface area contributed by atoms with Crippen LogP contribution >= 0.6 is 0 Å². The van der Waals surface area contributed by atoms with E-state index in [4.69, 9.17) is 10.5 Å². The van der Waals surface area contributed by atoms with Gasteiger partial charge in [0.05, 0.1) is 5.69 Å². The Morgan fingerprint density at radius 3 is 2.82 bits per heavy atom. The van der Waals surface area contributed by atoms with Crippen molar-refractivity contribution in [2.24, 2.45) is 0 Å². The minimum absolute atomic E-state index is 0.628. The fourth-order valence-corrected chi connectivity index (χ4v) is 2.14. The molecular weight excluding hydrogens is 212 g/mol. The van der Waals surface area contributed by atoms with Gasteiger partial charge >= 0.3 is 0 Å². The topological polar surface area (TPSA) is 48.1 Å². The van der Waals surface area contributed by atoms with E-state index < -0.39 is 0 Å².